The van der Waals surface area contributed by atoms with Gasteiger partial charge in [-0.15, -0.1) is 0 Å². The van der Waals surface area contributed by atoms with Gasteiger partial charge in [0.25, 0.3) is 5.91 Å². The zero-order valence-corrected chi connectivity index (χ0v) is 16.0. The van der Waals surface area contributed by atoms with Gasteiger partial charge in [0.05, 0.1) is 12.3 Å². The normalized spacial score (nSPS) is 15.5. The van der Waals surface area contributed by atoms with Gasteiger partial charge in [0.1, 0.15) is 5.70 Å². The molecule has 3 amide bonds. The molecule has 2 aromatic rings. The molecule has 3 rings (SSSR count). The predicted molar refractivity (Wildman–Crippen MR) is 102 cm³/mol. The molecule has 0 atom stereocenters. The Labute approximate surface area is 163 Å². The van der Waals surface area contributed by atoms with E-state index in [9.17, 15) is 14.7 Å². The van der Waals surface area contributed by atoms with E-state index in [-0.39, 0.29) is 17.2 Å². The summed E-state index contributed by atoms with van der Waals surface area (Å²) in [5, 5.41) is 12.8. The molecule has 0 bridgehead atoms. The quantitative estimate of drug-likeness (QED) is 0.552. The van der Waals surface area contributed by atoms with Crippen molar-refractivity contribution in [2.75, 3.05) is 11.5 Å². The number of benzene rings is 2. The molecule has 8 heteroatoms. The summed E-state index contributed by atoms with van der Waals surface area (Å²) in [5.41, 5.74) is 1.05. The Balaban J connectivity index is 1.97. The van der Waals surface area contributed by atoms with Crippen molar-refractivity contribution < 1.29 is 19.4 Å². The van der Waals surface area contributed by atoms with Gasteiger partial charge in [-0.2, -0.15) is 0 Å². The maximum absolute atomic E-state index is 12.7. The maximum Gasteiger partial charge on any atom is 0.333 e. The van der Waals surface area contributed by atoms with E-state index in [4.69, 9.17) is 16.3 Å². The highest BCUT2D eigenvalue weighted by molar-refractivity contribution is 9.10. The van der Waals surface area contributed by atoms with Crippen molar-refractivity contribution in [2.24, 2.45) is 0 Å². The van der Waals surface area contributed by atoms with Gasteiger partial charge in [-0.05, 0) is 48.9 Å². The van der Waals surface area contributed by atoms with Crippen LogP contribution in [0.25, 0.3) is 6.08 Å². The zero-order valence-electron chi connectivity index (χ0n) is 13.6. The first-order chi connectivity index (χ1) is 12.4. The van der Waals surface area contributed by atoms with Crippen molar-refractivity contribution in [1.82, 2.24) is 5.32 Å². The molecule has 6 nitrogen and oxygen atoms in total. The minimum absolute atomic E-state index is 0.0248. The summed E-state index contributed by atoms with van der Waals surface area (Å²) < 4.78 is 5.90. The van der Waals surface area contributed by atoms with Gasteiger partial charge < -0.3 is 15.2 Å². The second kappa shape index (κ2) is 7.39. The highest BCUT2D eigenvalue weighted by Gasteiger charge is 2.35. The first-order valence-corrected chi connectivity index (χ1v) is 8.85. The minimum Gasteiger partial charge on any atom is -0.504 e. The van der Waals surface area contributed by atoms with Gasteiger partial charge in [0, 0.05) is 9.50 Å². The van der Waals surface area contributed by atoms with Crippen LogP contribution in [0.4, 0.5) is 10.5 Å². The second-order valence-corrected chi connectivity index (χ2v) is 6.67. The van der Waals surface area contributed by atoms with Crippen molar-refractivity contribution >= 4 is 51.2 Å². The third-order valence-electron chi connectivity index (χ3n) is 3.62. The number of ether oxygens (including phenoxy) is 1. The number of nitrogens with zero attached hydrogens (tertiary/aromatic N) is 1. The summed E-state index contributed by atoms with van der Waals surface area (Å²) in [6.45, 7) is 2.17. The third-order valence-corrected chi connectivity index (χ3v) is 4.54. The number of urea groups is 1. The fourth-order valence-electron chi connectivity index (χ4n) is 2.48. The van der Waals surface area contributed by atoms with Gasteiger partial charge >= 0.3 is 6.03 Å². The van der Waals surface area contributed by atoms with Crippen molar-refractivity contribution in [2.45, 2.75) is 6.92 Å². The lowest BCUT2D eigenvalue weighted by molar-refractivity contribution is -0.113. The van der Waals surface area contributed by atoms with Crippen LogP contribution in [0, 0.1) is 0 Å². The van der Waals surface area contributed by atoms with Crippen LogP contribution in [-0.4, -0.2) is 23.7 Å². The molecule has 1 fully saturated rings. The smallest absolute Gasteiger partial charge is 0.333 e. The van der Waals surface area contributed by atoms with E-state index in [2.05, 4.69) is 21.2 Å². The minimum atomic E-state index is -0.566. The lowest BCUT2D eigenvalue weighted by Crippen LogP contribution is -2.30. The number of halogens is 2. The fraction of sp³-hybridized carbons (Fsp3) is 0.111. The van der Waals surface area contributed by atoms with Gasteiger partial charge in [-0.1, -0.05) is 33.6 Å². The van der Waals surface area contributed by atoms with Crippen LogP contribution >= 0.6 is 27.5 Å². The average Bonchev–Trinajstić information content (AvgIpc) is 2.86. The van der Waals surface area contributed by atoms with Gasteiger partial charge in [-0.3, -0.25) is 4.79 Å². The van der Waals surface area contributed by atoms with Crippen LogP contribution in [0.5, 0.6) is 11.5 Å². The number of nitrogens with one attached hydrogen (secondary N) is 1. The highest BCUT2D eigenvalue weighted by Crippen LogP contribution is 2.34. The number of carbonyl (C=O) groups is 2. The number of carbonyl (C=O) groups excluding carboxylic acids is 2. The maximum atomic E-state index is 12.7. The molecule has 1 aliphatic heterocycles. The van der Waals surface area contributed by atoms with E-state index in [0.717, 1.165) is 4.90 Å². The topological polar surface area (TPSA) is 78.9 Å². The van der Waals surface area contributed by atoms with Crippen LogP contribution in [0.3, 0.4) is 0 Å². The molecule has 134 valence electrons. The summed E-state index contributed by atoms with van der Waals surface area (Å²) in [6, 6.07) is 8.95. The van der Waals surface area contributed by atoms with Gasteiger partial charge in [0.15, 0.2) is 11.5 Å². The lowest BCUT2D eigenvalue weighted by Gasteiger charge is -2.11. The van der Waals surface area contributed by atoms with E-state index in [0.29, 0.717) is 27.4 Å². The standard InChI is InChI=1S/C18H14BrClN2O4/c1-2-26-16-7-10(13(19)9-15(16)23)6-14-17(24)22(18(25)21-14)12-5-3-4-11(20)8-12/h3-9,23H,2H2,1H3,(H,21,25). The highest BCUT2D eigenvalue weighted by atomic mass is 79.9. The van der Waals surface area contributed by atoms with Crippen LogP contribution < -0.4 is 15.0 Å². The number of amides is 3. The number of aromatic hydroxyl groups is 1. The molecule has 26 heavy (non-hydrogen) atoms. The Kier molecular flexibility index (Phi) is 5.20. The van der Waals surface area contributed by atoms with E-state index in [1.165, 1.54) is 18.2 Å². The Morgan fingerprint density at radius 1 is 1.31 bits per heavy atom. The summed E-state index contributed by atoms with van der Waals surface area (Å²) in [7, 11) is 0. The van der Waals surface area contributed by atoms with Crippen molar-refractivity contribution in [3.05, 3.63) is 57.2 Å². The molecular formula is C18H14BrClN2O4. The van der Waals surface area contributed by atoms with E-state index >= 15 is 0 Å². The number of rotatable bonds is 4. The third kappa shape index (κ3) is 3.54. The number of hydrogen-bond donors (Lipinski definition) is 2. The first kappa shape index (κ1) is 18.3. The largest absolute Gasteiger partial charge is 0.504 e. The Morgan fingerprint density at radius 3 is 2.77 bits per heavy atom. The summed E-state index contributed by atoms with van der Waals surface area (Å²) in [6.07, 6.45) is 1.51. The van der Waals surface area contributed by atoms with Crippen molar-refractivity contribution in [1.29, 1.82) is 0 Å². The van der Waals surface area contributed by atoms with Crippen LogP contribution in [-0.2, 0) is 4.79 Å². The lowest BCUT2D eigenvalue weighted by atomic mass is 10.1. The SMILES string of the molecule is CCOc1cc(C=C2NC(=O)N(c3cccc(Cl)c3)C2=O)c(Br)cc1O. The molecule has 1 heterocycles. The second-order valence-electron chi connectivity index (χ2n) is 5.38. The Hall–Kier alpha value is -2.51. The predicted octanol–water partition coefficient (Wildman–Crippen LogP) is 4.30. The van der Waals surface area contributed by atoms with Crippen LogP contribution in [0.1, 0.15) is 12.5 Å². The fourth-order valence-corrected chi connectivity index (χ4v) is 3.11. The molecule has 0 aliphatic carbocycles. The first-order valence-electron chi connectivity index (χ1n) is 7.68. The van der Waals surface area contributed by atoms with Crippen LogP contribution in [0.2, 0.25) is 5.02 Å². The van der Waals surface area contributed by atoms with E-state index in [1.807, 2.05) is 0 Å². The molecule has 1 aliphatic rings. The molecule has 2 aromatic carbocycles. The van der Waals surface area contributed by atoms with Gasteiger partial charge in [0.2, 0.25) is 0 Å². The number of imide groups is 1. The zero-order chi connectivity index (χ0) is 18.8. The van der Waals surface area contributed by atoms with E-state index in [1.54, 1.807) is 31.2 Å². The van der Waals surface area contributed by atoms with E-state index < -0.39 is 11.9 Å². The van der Waals surface area contributed by atoms with Crippen LogP contribution in [0.15, 0.2) is 46.6 Å². The molecule has 0 radical (unpaired) electrons. The summed E-state index contributed by atoms with van der Waals surface area (Å²) in [4.78, 5) is 25.9. The average molecular weight is 438 g/mol. The monoisotopic (exact) mass is 436 g/mol. The molecular weight excluding hydrogens is 424 g/mol. The summed E-state index contributed by atoms with van der Waals surface area (Å²) in [5.74, 6) is -0.246. The molecule has 0 unspecified atom stereocenters. The molecule has 2 N–H and O–H groups in total. The molecule has 0 spiro atoms. The van der Waals surface area contributed by atoms with Crippen molar-refractivity contribution in [3.8, 4) is 11.5 Å². The number of phenolic OH excluding ortho intramolecular Hbond substituents is 1. The number of hydrogen-bond acceptors (Lipinski definition) is 4. The molecule has 1 saturated heterocycles. The molecule has 0 saturated carbocycles. The molecule has 0 aromatic heterocycles. The Bertz CT molecular complexity index is 929. The number of anilines is 1. The van der Waals surface area contributed by atoms with Crippen molar-refractivity contribution in [3.63, 3.8) is 0 Å². The Morgan fingerprint density at radius 2 is 2.08 bits per heavy atom. The van der Waals surface area contributed by atoms with Gasteiger partial charge in [-0.25, -0.2) is 9.69 Å². The number of phenols is 1. The summed E-state index contributed by atoms with van der Waals surface area (Å²) >= 11 is 9.27.